The SMILES string of the molecule is CCC(Cc1cccc(-n2c3ccccc3c3cc(-c4cccc(-n5c6ccccc6c6ccccc65)c4)ccc32)c1)C(C)(C)C. The average molecular weight is 597 g/mol. The quantitative estimate of drug-likeness (QED) is 0.181. The van der Waals surface area contributed by atoms with Gasteiger partial charge >= 0.3 is 0 Å². The Morgan fingerprint density at radius 3 is 1.57 bits per heavy atom. The van der Waals surface area contributed by atoms with Crippen LogP contribution in [0.4, 0.5) is 0 Å². The Balaban J connectivity index is 1.25. The van der Waals surface area contributed by atoms with E-state index in [1.807, 2.05) is 0 Å². The van der Waals surface area contributed by atoms with Gasteiger partial charge in [0.25, 0.3) is 0 Å². The lowest BCUT2D eigenvalue weighted by molar-refractivity contribution is 0.231. The predicted octanol–water partition coefficient (Wildman–Crippen LogP) is 12.2. The van der Waals surface area contributed by atoms with Gasteiger partial charge in [-0.25, -0.2) is 0 Å². The maximum Gasteiger partial charge on any atom is 0.0541 e. The van der Waals surface area contributed by atoms with Gasteiger partial charge in [0.1, 0.15) is 0 Å². The fraction of sp³-hybridized carbons (Fsp3) is 0.182. The Morgan fingerprint density at radius 1 is 0.478 bits per heavy atom. The molecule has 0 aliphatic heterocycles. The molecule has 0 amide bonds. The maximum absolute atomic E-state index is 2.45. The molecule has 2 heteroatoms. The highest BCUT2D eigenvalue weighted by molar-refractivity contribution is 6.11. The molecule has 0 spiro atoms. The lowest BCUT2D eigenvalue weighted by atomic mass is 9.76. The molecule has 1 unspecified atom stereocenters. The standard InChI is InChI=1S/C44H40N2/c1-5-33(44(2,3)4)26-30-14-12-16-34(27-30)45-42-23-11-8-20-38(42)39-29-32(24-25-43(39)45)31-15-13-17-35(28-31)46-40-21-9-6-18-36(40)37-19-7-10-22-41(37)46/h6-25,27-29,33H,5,26H2,1-4H3. The molecular weight excluding hydrogens is 556 g/mol. The molecule has 226 valence electrons. The van der Waals surface area contributed by atoms with Gasteiger partial charge in [0, 0.05) is 32.9 Å². The number of para-hydroxylation sites is 3. The van der Waals surface area contributed by atoms with E-state index in [9.17, 15) is 0 Å². The van der Waals surface area contributed by atoms with Crippen LogP contribution in [0, 0.1) is 11.3 Å². The molecule has 2 heterocycles. The number of hydrogen-bond donors (Lipinski definition) is 0. The van der Waals surface area contributed by atoms with Gasteiger partial charge in [-0.15, -0.1) is 0 Å². The summed E-state index contributed by atoms with van der Waals surface area (Å²) in [6, 6.07) is 51.4. The van der Waals surface area contributed by atoms with Crippen molar-refractivity contribution in [2.45, 2.75) is 40.5 Å². The molecule has 8 aromatic rings. The zero-order valence-corrected chi connectivity index (χ0v) is 27.2. The number of fused-ring (bicyclic) bond motifs is 6. The number of benzene rings is 6. The Kier molecular flexibility index (Phi) is 6.83. The summed E-state index contributed by atoms with van der Waals surface area (Å²) in [5.74, 6) is 0.641. The van der Waals surface area contributed by atoms with Crippen molar-refractivity contribution in [2.75, 3.05) is 0 Å². The number of aromatic nitrogens is 2. The highest BCUT2D eigenvalue weighted by Gasteiger charge is 2.23. The summed E-state index contributed by atoms with van der Waals surface area (Å²) in [6.07, 6.45) is 2.28. The van der Waals surface area contributed by atoms with Crippen LogP contribution in [0.1, 0.15) is 39.7 Å². The van der Waals surface area contributed by atoms with Crippen LogP contribution in [0.5, 0.6) is 0 Å². The molecule has 0 fully saturated rings. The molecule has 2 aromatic heterocycles. The first-order valence-electron chi connectivity index (χ1n) is 16.6. The minimum Gasteiger partial charge on any atom is -0.309 e. The maximum atomic E-state index is 2.45. The van der Waals surface area contributed by atoms with Gasteiger partial charge in [-0.05, 0) is 89.0 Å². The molecule has 6 aromatic carbocycles. The molecule has 0 bridgehead atoms. The van der Waals surface area contributed by atoms with Crippen LogP contribution in [0.15, 0.2) is 140 Å². The van der Waals surface area contributed by atoms with Crippen LogP contribution >= 0.6 is 0 Å². The molecule has 0 aliphatic rings. The van der Waals surface area contributed by atoms with Gasteiger partial charge in [0.2, 0.25) is 0 Å². The highest BCUT2D eigenvalue weighted by atomic mass is 15.0. The van der Waals surface area contributed by atoms with E-state index in [0.29, 0.717) is 5.92 Å². The van der Waals surface area contributed by atoms with Crippen LogP contribution in [0.2, 0.25) is 0 Å². The highest BCUT2D eigenvalue weighted by Crippen LogP contribution is 2.38. The van der Waals surface area contributed by atoms with Gasteiger partial charge in [-0.2, -0.15) is 0 Å². The second-order valence-electron chi connectivity index (χ2n) is 13.8. The fourth-order valence-corrected chi connectivity index (χ4v) is 7.63. The Hall–Kier alpha value is -5.08. The van der Waals surface area contributed by atoms with Crippen LogP contribution in [0.3, 0.4) is 0 Å². The van der Waals surface area contributed by atoms with Crippen molar-refractivity contribution in [2.24, 2.45) is 11.3 Å². The van der Waals surface area contributed by atoms with Gasteiger partial charge in [-0.1, -0.05) is 119 Å². The first kappa shape index (κ1) is 28.4. The van der Waals surface area contributed by atoms with E-state index < -0.39 is 0 Å². The Morgan fingerprint density at radius 2 is 0.978 bits per heavy atom. The summed E-state index contributed by atoms with van der Waals surface area (Å²) in [5, 5.41) is 5.13. The van der Waals surface area contributed by atoms with E-state index in [4.69, 9.17) is 0 Å². The van der Waals surface area contributed by atoms with Crippen molar-refractivity contribution in [3.8, 4) is 22.5 Å². The van der Waals surface area contributed by atoms with E-state index in [1.165, 1.54) is 78.1 Å². The van der Waals surface area contributed by atoms with Gasteiger partial charge < -0.3 is 9.13 Å². The van der Waals surface area contributed by atoms with E-state index >= 15 is 0 Å². The second-order valence-corrected chi connectivity index (χ2v) is 13.8. The molecule has 0 radical (unpaired) electrons. The van der Waals surface area contributed by atoms with Crippen molar-refractivity contribution >= 4 is 43.6 Å². The van der Waals surface area contributed by atoms with Crippen molar-refractivity contribution in [3.63, 3.8) is 0 Å². The molecule has 0 saturated carbocycles. The minimum absolute atomic E-state index is 0.285. The Bertz CT molecular complexity index is 2320. The topological polar surface area (TPSA) is 9.86 Å². The summed E-state index contributed by atoms with van der Waals surface area (Å²) in [6.45, 7) is 9.43. The number of hydrogen-bond acceptors (Lipinski definition) is 0. The normalized spacial score (nSPS) is 12.9. The van der Waals surface area contributed by atoms with Crippen LogP contribution in [0.25, 0.3) is 66.1 Å². The zero-order valence-electron chi connectivity index (χ0n) is 27.2. The fourth-order valence-electron chi connectivity index (χ4n) is 7.63. The van der Waals surface area contributed by atoms with Crippen LogP contribution < -0.4 is 0 Å². The van der Waals surface area contributed by atoms with Gasteiger partial charge in [-0.3, -0.25) is 0 Å². The summed E-state index contributed by atoms with van der Waals surface area (Å²) < 4.78 is 4.85. The third-order valence-electron chi connectivity index (χ3n) is 10.1. The smallest absolute Gasteiger partial charge is 0.0541 e. The lowest BCUT2D eigenvalue weighted by Gasteiger charge is -2.30. The van der Waals surface area contributed by atoms with E-state index in [1.54, 1.807) is 0 Å². The average Bonchev–Trinajstić information content (AvgIpc) is 3.59. The third kappa shape index (κ3) is 4.72. The molecule has 0 saturated heterocycles. The minimum atomic E-state index is 0.285. The van der Waals surface area contributed by atoms with Crippen molar-refractivity contribution in [1.82, 2.24) is 9.13 Å². The summed E-state index contributed by atoms with van der Waals surface area (Å²) >= 11 is 0. The van der Waals surface area contributed by atoms with Crippen molar-refractivity contribution in [3.05, 3.63) is 145 Å². The van der Waals surface area contributed by atoms with Gasteiger partial charge in [0.15, 0.2) is 0 Å². The summed E-state index contributed by atoms with van der Waals surface area (Å²) in [7, 11) is 0. The third-order valence-corrected chi connectivity index (χ3v) is 10.1. The van der Waals surface area contributed by atoms with Crippen LogP contribution in [-0.2, 0) is 6.42 Å². The van der Waals surface area contributed by atoms with Crippen molar-refractivity contribution < 1.29 is 0 Å². The predicted molar refractivity (Wildman–Crippen MR) is 197 cm³/mol. The summed E-state index contributed by atoms with van der Waals surface area (Å²) in [4.78, 5) is 0. The molecule has 0 N–H and O–H groups in total. The molecule has 8 rings (SSSR count). The summed E-state index contributed by atoms with van der Waals surface area (Å²) in [5.41, 5.74) is 11.5. The van der Waals surface area contributed by atoms with E-state index in [-0.39, 0.29) is 5.41 Å². The second kappa shape index (κ2) is 11.1. The largest absolute Gasteiger partial charge is 0.309 e. The van der Waals surface area contributed by atoms with E-state index in [2.05, 4.69) is 176 Å². The lowest BCUT2D eigenvalue weighted by Crippen LogP contribution is -2.21. The molecule has 0 aliphatic carbocycles. The monoisotopic (exact) mass is 596 g/mol. The number of rotatable bonds is 6. The Labute approximate surface area is 271 Å². The number of nitrogens with zero attached hydrogens (tertiary/aromatic N) is 2. The molecule has 2 nitrogen and oxygen atoms in total. The first-order valence-corrected chi connectivity index (χ1v) is 16.6. The molecular formula is C44H40N2. The molecule has 46 heavy (non-hydrogen) atoms. The first-order chi connectivity index (χ1) is 22.4. The zero-order chi connectivity index (χ0) is 31.4. The van der Waals surface area contributed by atoms with Crippen LogP contribution in [-0.4, -0.2) is 9.13 Å². The van der Waals surface area contributed by atoms with Crippen molar-refractivity contribution in [1.29, 1.82) is 0 Å². The molecule has 1 atom stereocenters. The van der Waals surface area contributed by atoms with Gasteiger partial charge in [0.05, 0.1) is 22.1 Å². The van der Waals surface area contributed by atoms with E-state index in [0.717, 1.165) is 6.42 Å².